The van der Waals surface area contributed by atoms with E-state index in [1.807, 2.05) is 0 Å². The lowest BCUT2D eigenvalue weighted by Gasteiger charge is -2.19. The van der Waals surface area contributed by atoms with Gasteiger partial charge in [0.15, 0.2) is 0 Å². The first-order valence-corrected chi connectivity index (χ1v) is 10.0. The Morgan fingerprint density at radius 1 is 1.15 bits per heavy atom. The molecular weight excluding hydrogens is 243 g/mol. The molecule has 74 valence electrons. The second-order valence-electron chi connectivity index (χ2n) is 4.19. The van der Waals surface area contributed by atoms with Crippen LogP contribution in [0.3, 0.4) is 0 Å². The zero-order valence-corrected chi connectivity index (χ0v) is 10.6. The van der Waals surface area contributed by atoms with E-state index in [2.05, 4.69) is 12.2 Å². The molecule has 3 atom stereocenters. The van der Waals surface area contributed by atoms with Gasteiger partial charge in [-0.15, -0.1) is 33.2 Å². The molecule has 0 aliphatic heterocycles. The number of hydrogen-bond donors (Lipinski definition) is 0. The average molecular weight is 256 g/mol. The van der Waals surface area contributed by atoms with Gasteiger partial charge >= 0.3 is 6.00 Å². The van der Waals surface area contributed by atoms with E-state index in [0.29, 0.717) is 0 Å². The SMILES string of the molecule is Cl[Si](Cl)(Cl)CCC1CC2C=CC1C2. The Kier molecular flexibility index (Phi) is 3.00. The minimum absolute atomic E-state index is 0.798. The maximum Gasteiger partial charge on any atom is 0.341 e. The molecule has 2 rings (SSSR count). The van der Waals surface area contributed by atoms with Crippen LogP contribution in [-0.2, 0) is 0 Å². The van der Waals surface area contributed by atoms with Crippen LogP contribution in [-0.4, -0.2) is 6.00 Å². The van der Waals surface area contributed by atoms with Crippen molar-refractivity contribution in [2.45, 2.75) is 25.3 Å². The van der Waals surface area contributed by atoms with Crippen LogP contribution in [0.25, 0.3) is 0 Å². The highest BCUT2D eigenvalue weighted by Crippen LogP contribution is 2.46. The van der Waals surface area contributed by atoms with Crippen LogP contribution in [0, 0.1) is 17.8 Å². The second kappa shape index (κ2) is 3.77. The van der Waals surface area contributed by atoms with E-state index in [-0.39, 0.29) is 0 Å². The van der Waals surface area contributed by atoms with Crippen LogP contribution in [0.5, 0.6) is 0 Å². The Morgan fingerprint density at radius 3 is 2.38 bits per heavy atom. The smallest absolute Gasteiger partial charge is 0.126 e. The van der Waals surface area contributed by atoms with Crippen LogP contribution in [0.15, 0.2) is 12.2 Å². The van der Waals surface area contributed by atoms with Gasteiger partial charge in [-0.05, 0) is 43.1 Å². The summed E-state index contributed by atoms with van der Waals surface area (Å²) in [6, 6.07) is -1.53. The van der Waals surface area contributed by atoms with Crippen LogP contribution < -0.4 is 0 Å². The van der Waals surface area contributed by atoms with Gasteiger partial charge < -0.3 is 0 Å². The zero-order chi connectivity index (χ0) is 9.47. The van der Waals surface area contributed by atoms with E-state index < -0.39 is 6.00 Å². The summed E-state index contributed by atoms with van der Waals surface area (Å²) < 4.78 is 0. The molecule has 0 spiro atoms. The van der Waals surface area contributed by atoms with Gasteiger partial charge in [-0.2, -0.15) is 0 Å². The highest BCUT2D eigenvalue weighted by molar-refractivity contribution is 7.64. The summed E-state index contributed by atoms with van der Waals surface area (Å²) in [6.45, 7) is 0. The molecule has 0 N–H and O–H groups in total. The fourth-order valence-electron chi connectivity index (χ4n) is 2.58. The lowest BCUT2D eigenvalue weighted by Crippen LogP contribution is -2.14. The Hall–Kier alpha value is 0.827. The van der Waals surface area contributed by atoms with Gasteiger partial charge in [0.25, 0.3) is 0 Å². The van der Waals surface area contributed by atoms with Crippen LogP contribution in [0.2, 0.25) is 6.04 Å². The number of allylic oxidation sites excluding steroid dienone is 2. The van der Waals surface area contributed by atoms with E-state index >= 15 is 0 Å². The summed E-state index contributed by atoms with van der Waals surface area (Å²) in [7, 11) is 0. The quantitative estimate of drug-likeness (QED) is 0.402. The van der Waals surface area contributed by atoms with Crippen LogP contribution in [0.1, 0.15) is 19.3 Å². The van der Waals surface area contributed by atoms with Crippen molar-refractivity contribution >= 4 is 39.2 Å². The minimum Gasteiger partial charge on any atom is -0.126 e. The number of hydrogen-bond acceptors (Lipinski definition) is 0. The van der Waals surface area contributed by atoms with Gasteiger partial charge in [-0.25, -0.2) is 0 Å². The highest BCUT2D eigenvalue weighted by Gasteiger charge is 2.37. The summed E-state index contributed by atoms with van der Waals surface area (Å²) in [5.41, 5.74) is 0. The molecule has 2 aliphatic rings. The molecule has 4 heteroatoms. The van der Waals surface area contributed by atoms with Crippen molar-refractivity contribution in [3.63, 3.8) is 0 Å². The summed E-state index contributed by atoms with van der Waals surface area (Å²) in [5, 5.41) is 0. The van der Waals surface area contributed by atoms with Crippen molar-refractivity contribution in [1.82, 2.24) is 0 Å². The second-order valence-corrected chi connectivity index (χ2v) is 13.5. The largest absolute Gasteiger partial charge is 0.341 e. The van der Waals surface area contributed by atoms with E-state index in [4.69, 9.17) is 33.2 Å². The number of fused-ring (bicyclic) bond motifs is 2. The molecule has 2 aliphatic carbocycles. The third-order valence-corrected chi connectivity index (χ3v) is 5.77. The molecule has 0 aromatic carbocycles. The molecule has 2 bridgehead atoms. The molecule has 0 aromatic heterocycles. The molecule has 1 saturated carbocycles. The molecule has 0 saturated heterocycles. The monoisotopic (exact) mass is 254 g/mol. The van der Waals surface area contributed by atoms with Crippen molar-refractivity contribution in [2.75, 3.05) is 0 Å². The molecule has 0 nitrogen and oxygen atoms in total. The lowest BCUT2D eigenvalue weighted by atomic mass is 9.91. The summed E-state index contributed by atoms with van der Waals surface area (Å²) in [5.74, 6) is 2.44. The number of rotatable bonds is 3. The van der Waals surface area contributed by atoms with Crippen molar-refractivity contribution in [3.8, 4) is 0 Å². The van der Waals surface area contributed by atoms with Gasteiger partial charge in [-0.3, -0.25) is 0 Å². The summed E-state index contributed by atoms with van der Waals surface area (Å²) >= 11 is 17.6. The molecule has 3 unspecified atom stereocenters. The van der Waals surface area contributed by atoms with E-state index in [1.54, 1.807) is 0 Å². The molecule has 0 aromatic rings. The van der Waals surface area contributed by atoms with Gasteiger partial charge in [0, 0.05) is 0 Å². The average Bonchev–Trinajstić information content (AvgIpc) is 2.58. The van der Waals surface area contributed by atoms with Crippen LogP contribution >= 0.6 is 33.2 Å². The maximum atomic E-state index is 5.87. The Balaban J connectivity index is 1.81. The fraction of sp³-hybridized carbons (Fsp3) is 0.778. The summed E-state index contributed by atoms with van der Waals surface area (Å²) in [6.07, 6.45) is 8.52. The Bertz CT molecular complexity index is 221. The molecular formula is C9H13Cl3Si. The molecule has 0 radical (unpaired) electrons. The van der Waals surface area contributed by atoms with E-state index in [0.717, 1.165) is 30.2 Å². The highest BCUT2D eigenvalue weighted by atomic mass is 35.8. The third-order valence-electron chi connectivity index (χ3n) is 3.21. The van der Waals surface area contributed by atoms with E-state index in [1.165, 1.54) is 12.8 Å². The third kappa shape index (κ3) is 2.65. The minimum atomic E-state index is -2.36. The predicted octanol–water partition coefficient (Wildman–Crippen LogP) is 4.24. The Morgan fingerprint density at radius 2 is 1.92 bits per heavy atom. The van der Waals surface area contributed by atoms with Gasteiger partial charge in [0.2, 0.25) is 0 Å². The first-order valence-electron chi connectivity index (χ1n) is 4.80. The predicted molar refractivity (Wildman–Crippen MR) is 61.6 cm³/mol. The number of halogens is 3. The normalized spacial score (nSPS) is 37.3. The van der Waals surface area contributed by atoms with Crippen molar-refractivity contribution < 1.29 is 0 Å². The topological polar surface area (TPSA) is 0 Å². The fourth-order valence-corrected chi connectivity index (χ4v) is 4.26. The van der Waals surface area contributed by atoms with Gasteiger partial charge in [-0.1, -0.05) is 12.2 Å². The zero-order valence-electron chi connectivity index (χ0n) is 7.35. The molecule has 0 heterocycles. The lowest BCUT2D eigenvalue weighted by molar-refractivity contribution is 0.433. The van der Waals surface area contributed by atoms with Crippen molar-refractivity contribution in [2.24, 2.45) is 17.8 Å². The first kappa shape index (κ1) is 10.3. The van der Waals surface area contributed by atoms with E-state index in [9.17, 15) is 0 Å². The van der Waals surface area contributed by atoms with Crippen molar-refractivity contribution in [1.29, 1.82) is 0 Å². The van der Waals surface area contributed by atoms with Gasteiger partial charge in [0.05, 0.1) is 0 Å². The summed E-state index contributed by atoms with van der Waals surface area (Å²) in [4.78, 5) is 0. The Labute approximate surface area is 94.4 Å². The van der Waals surface area contributed by atoms with Crippen LogP contribution in [0.4, 0.5) is 0 Å². The van der Waals surface area contributed by atoms with Gasteiger partial charge in [0.1, 0.15) is 0 Å². The molecule has 13 heavy (non-hydrogen) atoms. The molecule has 0 amide bonds. The molecule has 1 fully saturated rings. The standard InChI is InChI=1S/C9H13Cl3Si/c10-13(11,12)4-3-9-6-7-1-2-8(9)5-7/h1-2,7-9H,3-6H2. The maximum absolute atomic E-state index is 5.87. The van der Waals surface area contributed by atoms with Crippen molar-refractivity contribution in [3.05, 3.63) is 12.2 Å². The first-order chi connectivity index (χ1) is 6.04.